The average molecular weight is 420 g/mol. The number of carboxylic acids is 1. The molecule has 0 bridgehead atoms. The van der Waals surface area contributed by atoms with Crippen LogP contribution in [0.1, 0.15) is 36.0 Å². The molecule has 0 aliphatic heterocycles. The third-order valence-corrected chi connectivity index (χ3v) is 5.53. The predicted octanol–water partition coefficient (Wildman–Crippen LogP) is 6.78. The van der Waals surface area contributed by atoms with Crippen molar-refractivity contribution >= 4 is 28.5 Å². The lowest BCUT2D eigenvalue weighted by molar-refractivity contribution is -0.137. The van der Waals surface area contributed by atoms with Crippen molar-refractivity contribution in [3.63, 3.8) is 0 Å². The summed E-state index contributed by atoms with van der Waals surface area (Å²) in [7, 11) is 0. The second-order valence-electron chi connectivity index (χ2n) is 7.22. The van der Waals surface area contributed by atoms with Crippen LogP contribution >= 0.6 is 11.6 Å². The highest BCUT2D eigenvalue weighted by atomic mass is 35.5. The zero-order chi connectivity index (χ0) is 21.1. The van der Waals surface area contributed by atoms with Gasteiger partial charge in [0.05, 0.1) is 6.42 Å². The monoisotopic (exact) mass is 419 g/mol. The van der Waals surface area contributed by atoms with Crippen LogP contribution in [0.25, 0.3) is 10.9 Å². The molecule has 1 atom stereocenters. The van der Waals surface area contributed by atoms with Crippen LogP contribution < -0.4 is 4.74 Å². The van der Waals surface area contributed by atoms with Gasteiger partial charge in [0.1, 0.15) is 11.5 Å². The number of carbonyl (C=O) groups is 1. The smallest absolute Gasteiger partial charge is 0.304 e. The molecule has 0 aliphatic rings. The van der Waals surface area contributed by atoms with E-state index in [0.717, 1.165) is 28.5 Å². The molecule has 2 N–H and O–H groups in total. The van der Waals surface area contributed by atoms with E-state index in [1.807, 2.05) is 42.6 Å². The van der Waals surface area contributed by atoms with Crippen molar-refractivity contribution in [2.45, 2.75) is 25.7 Å². The van der Waals surface area contributed by atoms with Gasteiger partial charge in [-0.2, -0.15) is 0 Å². The molecule has 4 nitrogen and oxygen atoms in total. The third kappa shape index (κ3) is 4.19. The Kier molecular flexibility index (Phi) is 5.77. The number of aliphatic carboxylic acids is 1. The molecule has 1 heterocycles. The molecule has 0 unspecified atom stereocenters. The van der Waals surface area contributed by atoms with E-state index in [2.05, 4.69) is 18.0 Å². The number of H-pyrrole nitrogens is 1. The summed E-state index contributed by atoms with van der Waals surface area (Å²) in [5.74, 6) is 0.187. The fourth-order valence-electron chi connectivity index (χ4n) is 3.84. The second-order valence-corrected chi connectivity index (χ2v) is 7.65. The zero-order valence-electron chi connectivity index (χ0n) is 16.6. The highest BCUT2D eigenvalue weighted by molar-refractivity contribution is 6.30. The molecule has 0 radical (unpaired) electrons. The molecule has 3 aromatic carbocycles. The molecule has 0 saturated heterocycles. The first-order chi connectivity index (χ1) is 14.5. The number of nitrogens with one attached hydrogen (secondary N) is 1. The van der Waals surface area contributed by atoms with Gasteiger partial charge in [-0.05, 0) is 59.5 Å². The molecule has 0 amide bonds. The number of para-hydroxylation sites is 1. The summed E-state index contributed by atoms with van der Waals surface area (Å²) in [4.78, 5) is 15.0. The van der Waals surface area contributed by atoms with E-state index in [0.29, 0.717) is 16.5 Å². The fourth-order valence-corrected chi connectivity index (χ4v) is 3.96. The first kappa shape index (κ1) is 20.0. The van der Waals surface area contributed by atoms with E-state index in [1.165, 1.54) is 5.56 Å². The van der Waals surface area contributed by atoms with Crippen molar-refractivity contribution in [2.24, 2.45) is 0 Å². The summed E-state index contributed by atoms with van der Waals surface area (Å²) in [5.41, 5.74) is 4.16. The van der Waals surface area contributed by atoms with Crippen LogP contribution in [0.4, 0.5) is 0 Å². The Morgan fingerprint density at radius 3 is 2.57 bits per heavy atom. The minimum Gasteiger partial charge on any atom is -0.481 e. The topological polar surface area (TPSA) is 62.3 Å². The lowest BCUT2D eigenvalue weighted by atomic mass is 9.88. The largest absolute Gasteiger partial charge is 0.481 e. The van der Waals surface area contributed by atoms with Crippen LogP contribution in [0.15, 0.2) is 72.9 Å². The highest BCUT2D eigenvalue weighted by Gasteiger charge is 2.22. The maximum atomic E-state index is 11.7. The average Bonchev–Trinajstić information content (AvgIpc) is 3.18. The van der Waals surface area contributed by atoms with E-state index in [4.69, 9.17) is 16.3 Å². The van der Waals surface area contributed by atoms with Gasteiger partial charge in [0.2, 0.25) is 0 Å². The Morgan fingerprint density at radius 2 is 1.83 bits per heavy atom. The van der Waals surface area contributed by atoms with Crippen LogP contribution in [0.2, 0.25) is 5.02 Å². The SMILES string of the molecule is CCc1cccc2c([C@@H](CC(=O)O)c3cccc(Oc4ccc(Cl)cc4)c3)c[nH]c12. The molecular formula is C25H22ClNO3. The number of ether oxygens (including phenoxy) is 1. The first-order valence-electron chi connectivity index (χ1n) is 9.89. The molecule has 0 aliphatic carbocycles. The third-order valence-electron chi connectivity index (χ3n) is 5.28. The van der Waals surface area contributed by atoms with Gasteiger partial charge in [0, 0.05) is 28.0 Å². The van der Waals surface area contributed by atoms with Crippen molar-refractivity contribution < 1.29 is 14.6 Å². The number of halogens is 1. The van der Waals surface area contributed by atoms with Crippen molar-refractivity contribution in [2.75, 3.05) is 0 Å². The quantitative estimate of drug-likeness (QED) is 0.347. The standard InChI is InChI=1S/C25H22ClNO3/c1-2-16-5-4-8-21-23(15-27-25(16)21)22(14-24(28)29)17-6-3-7-20(13-17)30-19-11-9-18(26)10-12-19/h3-13,15,22,27H,2,14H2,1H3,(H,28,29)/t22-/m0/s1. The zero-order valence-corrected chi connectivity index (χ0v) is 17.3. The molecule has 30 heavy (non-hydrogen) atoms. The van der Waals surface area contributed by atoms with Gasteiger partial charge in [-0.3, -0.25) is 4.79 Å². The predicted molar refractivity (Wildman–Crippen MR) is 120 cm³/mol. The van der Waals surface area contributed by atoms with Crippen LogP contribution in [0, 0.1) is 0 Å². The molecule has 4 rings (SSSR count). The Labute approximate surface area is 180 Å². The van der Waals surface area contributed by atoms with Crippen LogP contribution in [0.5, 0.6) is 11.5 Å². The van der Waals surface area contributed by atoms with Gasteiger partial charge in [-0.25, -0.2) is 0 Å². The van der Waals surface area contributed by atoms with Crippen molar-refractivity contribution in [3.8, 4) is 11.5 Å². The maximum absolute atomic E-state index is 11.7. The van der Waals surface area contributed by atoms with E-state index >= 15 is 0 Å². The minimum atomic E-state index is -0.843. The number of hydrogen-bond acceptors (Lipinski definition) is 2. The van der Waals surface area contributed by atoms with Gasteiger partial charge >= 0.3 is 5.97 Å². The van der Waals surface area contributed by atoms with E-state index in [1.54, 1.807) is 24.3 Å². The van der Waals surface area contributed by atoms with Crippen molar-refractivity contribution in [3.05, 3.63) is 94.6 Å². The lowest BCUT2D eigenvalue weighted by Crippen LogP contribution is -2.08. The maximum Gasteiger partial charge on any atom is 0.304 e. The molecule has 0 saturated carbocycles. The number of aromatic nitrogens is 1. The summed E-state index contributed by atoms with van der Waals surface area (Å²) in [6.07, 6.45) is 2.84. The van der Waals surface area contributed by atoms with Gasteiger partial charge in [0.15, 0.2) is 0 Å². The molecule has 1 aromatic heterocycles. The summed E-state index contributed by atoms with van der Waals surface area (Å²) in [6, 6.07) is 20.9. The normalized spacial score (nSPS) is 12.1. The minimum absolute atomic E-state index is 0.00625. The number of aryl methyl sites for hydroxylation is 1. The lowest BCUT2D eigenvalue weighted by Gasteiger charge is -2.17. The molecule has 152 valence electrons. The fraction of sp³-hybridized carbons (Fsp3) is 0.160. The molecular weight excluding hydrogens is 398 g/mol. The number of rotatable bonds is 7. The number of carboxylic acid groups (broad SMARTS) is 1. The van der Waals surface area contributed by atoms with Crippen LogP contribution in [0.3, 0.4) is 0 Å². The number of hydrogen-bond donors (Lipinski definition) is 2. The van der Waals surface area contributed by atoms with Gasteiger partial charge in [-0.15, -0.1) is 0 Å². The Balaban J connectivity index is 1.73. The summed E-state index contributed by atoms with van der Waals surface area (Å²) >= 11 is 5.94. The first-order valence-corrected chi connectivity index (χ1v) is 10.3. The van der Waals surface area contributed by atoms with E-state index in [9.17, 15) is 9.90 Å². The summed E-state index contributed by atoms with van der Waals surface area (Å²) in [5, 5.41) is 11.3. The Morgan fingerprint density at radius 1 is 1.07 bits per heavy atom. The Hall–Kier alpha value is -3.24. The molecule has 5 heteroatoms. The van der Waals surface area contributed by atoms with Crippen molar-refractivity contribution in [1.82, 2.24) is 4.98 Å². The number of fused-ring (bicyclic) bond motifs is 1. The van der Waals surface area contributed by atoms with Crippen molar-refractivity contribution in [1.29, 1.82) is 0 Å². The van der Waals surface area contributed by atoms with Crippen LogP contribution in [-0.4, -0.2) is 16.1 Å². The summed E-state index contributed by atoms with van der Waals surface area (Å²) in [6.45, 7) is 2.11. The second kappa shape index (κ2) is 8.64. The Bertz CT molecular complexity index is 1180. The molecule has 0 fully saturated rings. The van der Waals surface area contributed by atoms with Gasteiger partial charge in [0.25, 0.3) is 0 Å². The molecule has 0 spiro atoms. The van der Waals surface area contributed by atoms with Gasteiger partial charge < -0.3 is 14.8 Å². The summed E-state index contributed by atoms with van der Waals surface area (Å²) < 4.78 is 5.96. The number of benzene rings is 3. The van der Waals surface area contributed by atoms with E-state index < -0.39 is 5.97 Å². The van der Waals surface area contributed by atoms with Crippen LogP contribution in [-0.2, 0) is 11.2 Å². The molecule has 4 aromatic rings. The number of aromatic amines is 1. The van der Waals surface area contributed by atoms with Gasteiger partial charge in [-0.1, -0.05) is 48.9 Å². The van der Waals surface area contributed by atoms with E-state index in [-0.39, 0.29) is 12.3 Å². The highest BCUT2D eigenvalue weighted by Crippen LogP contribution is 2.36.